The van der Waals surface area contributed by atoms with E-state index < -0.39 is 10.0 Å². The molecular formula is C19H24N4O5S2. The fourth-order valence-electron chi connectivity index (χ4n) is 2.95. The number of nitrogens with zero attached hydrogens (tertiary/aromatic N) is 3. The first-order valence-corrected chi connectivity index (χ1v) is 11.7. The average molecular weight is 453 g/mol. The highest BCUT2D eigenvalue weighted by molar-refractivity contribution is 7.99. The van der Waals surface area contributed by atoms with Crippen LogP contribution in [0.3, 0.4) is 0 Å². The molecule has 0 bridgehead atoms. The first-order valence-electron chi connectivity index (χ1n) is 9.30. The predicted octanol–water partition coefficient (Wildman–Crippen LogP) is 1.85. The molecule has 30 heavy (non-hydrogen) atoms. The Kier molecular flexibility index (Phi) is 7.29. The van der Waals surface area contributed by atoms with Crippen molar-refractivity contribution < 1.29 is 22.7 Å². The van der Waals surface area contributed by atoms with Crippen molar-refractivity contribution in [2.24, 2.45) is 0 Å². The van der Waals surface area contributed by atoms with Gasteiger partial charge in [0.15, 0.2) is 5.16 Å². The molecule has 1 aromatic carbocycles. The molecule has 0 saturated carbocycles. The van der Waals surface area contributed by atoms with Crippen molar-refractivity contribution in [2.75, 3.05) is 44.5 Å². The minimum absolute atomic E-state index is 0.109. The summed E-state index contributed by atoms with van der Waals surface area (Å²) < 4.78 is 37.5. The number of benzene rings is 1. The predicted molar refractivity (Wildman–Crippen MR) is 113 cm³/mol. The van der Waals surface area contributed by atoms with Crippen LogP contribution in [0.5, 0.6) is 5.75 Å². The summed E-state index contributed by atoms with van der Waals surface area (Å²) in [5.74, 6) is 0.107. The van der Waals surface area contributed by atoms with Gasteiger partial charge < -0.3 is 14.8 Å². The lowest BCUT2D eigenvalue weighted by Crippen LogP contribution is -2.40. The van der Waals surface area contributed by atoms with E-state index in [0.717, 1.165) is 11.4 Å². The van der Waals surface area contributed by atoms with Crippen molar-refractivity contribution in [3.63, 3.8) is 0 Å². The fourth-order valence-corrected chi connectivity index (χ4v) is 5.12. The van der Waals surface area contributed by atoms with E-state index in [9.17, 15) is 13.2 Å². The average Bonchev–Trinajstić information content (AvgIpc) is 2.72. The molecule has 3 rings (SSSR count). The molecule has 0 spiro atoms. The molecule has 1 N–H and O–H groups in total. The normalized spacial score (nSPS) is 15.0. The standard InChI is InChI=1S/C19H24N4O5S2/c1-13-10-14(2)21-19(20-13)29-12-18(24)22-16-5-4-15(11-17(16)27-3)30(25,26)23-6-8-28-9-7-23/h4-5,10-11H,6-9,12H2,1-3H3,(H,22,24). The number of morpholine rings is 1. The van der Waals surface area contributed by atoms with Gasteiger partial charge in [0.25, 0.3) is 0 Å². The molecule has 2 heterocycles. The maximum Gasteiger partial charge on any atom is 0.243 e. The smallest absolute Gasteiger partial charge is 0.243 e. The Hall–Kier alpha value is -2.21. The largest absolute Gasteiger partial charge is 0.495 e. The number of carbonyl (C=O) groups is 1. The Morgan fingerprint density at radius 3 is 2.50 bits per heavy atom. The van der Waals surface area contributed by atoms with Crippen molar-refractivity contribution >= 4 is 33.4 Å². The third kappa shape index (κ3) is 5.48. The van der Waals surface area contributed by atoms with Crippen LogP contribution < -0.4 is 10.1 Å². The molecule has 0 radical (unpaired) electrons. The van der Waals surface area contributed by atoms with Crippen LogP contribution >= 0.6 is 11.8 Å². The zero-order valence-electron chi connectivity index (χ0n) is 17.0. The fraction of sp³-hybridized carbons (Fsp3) is 0.421. The number of anilines is 1. The Labute approximate surface area is 180 Å². The van der Waals surface area contributed by atoms with E-state index >= 15 is 0 Å². The van der Waals surface area contributed by atoms with Crippen molar-refractivity contribution in [3.8, 4) is 5.75 Å². The number of thioether (sulfide) groups is 1. The lowest BCUT2D eigenvalue weighted by atomic mass is 10.3. The number of sulfonamides is 1. The van der Waals surface area contributed by atoms with E-state index in [-0.39, 0.29) is 22.3 Å². The first kappa shape index (κ1) is 22.5. The third-order valence-electron chi connectivity index (χ3n) is 4.35. The second-order valence-corrected chi connectivity index (χ2v) is 9.53. The molecule has 2 aromatic rings. The van der Waals surface area contributed by atoms with E-state index in [4.69, 9.17) is 9.47 Å². The Bertz CT molecular complexity index is 1000. The van der Waals surface area contributed by atoms with Gasteiger partial charge in [0.1, 0.15) is 5.75 Å². The molecule has 0 unspecified atom stereocenters. The molecule has 0 atom stereocenters. The zero-order valence-corrected chi connectivity index (χ0v) is 18.7. The molecule has 0 aliphatic carbocycles. The molecule has 9 nitrogen and oxygen atoms in total. The maximum atomic E-state index is 12.8. The van der Waals surface area contributed by atoms with Gasteiger partial charge in [-0.25, -0.2) is 18.4 Å². The summed E-state index contributed by atoms with van der Waals surface area (Å²) in [5, 5.41) is 3.28. The van der Waals surface area contributed by atoms with Crippen LogP contribution in [-0.2, 0) is 19.6 Å². The zero-order chi connectivity index (χ0) is 21.7. The number of rotatable bonds is 7. The van der Waals surface area contributed by atoms with Gasteiger partial charge >= 0.3 is 0 Å². The Balaban J connectivity index is 1.69. The topological polar surface area (TPSA) is 111 Å². The minimum Gasteiger partial charge on any atom is -0.495 e. The summed E-state index contributed by atoms with van der Waals surface area (Å²) in [5.41, 5.74) is 2.07. The SMILES string of the molecule is COc1cc(S(=O)(=O)N2CCOCC2)ccc1NC(=O)CSc1nc(C)cc(C)n1. The van der Waals surface area contributed by atoms with Crippen LogP contribution in [0.2, 0.25) is 0 Å². The highest BCUT2D eigenvalue weighted by Crippen LogP contribution is 2.29. The number of aryl methyl sites for hydroxylation is 2. The number of hydrogen-bond donors (Lipinski definition) is 1. The molecule has 1 aliphatic heterocycles. The second-order valence-electron chi connectivity index (χ2n) is 6.65. The van der Waals surface area contributed by atoms with Gasteiger partial charge in [-0.3, -0.25) is 4.79 Å². The molecule has 1 aliphatic rings. The van der Waals surface area contributed by atoms with Gasteiger partial charge in [0.2, 0.25) is 15.9 Å². The summed E-state index contributed by atoms with van der Waals surface area (Å²) >= 11 is 1.23. The number of amides is 1. The number of nitrogens with one attached hydrogen (secondary N) is 1. The van der Waals surface area contributed by atoms with Crippen LogP contribution in [0, 0.1) is 13.8 Å². The van der Waals surface area contributed by atoms with E-state index in [0.29, 0.717) is 37.1 Å². The van der Waals surface area contributed by atoms with Crippen molar-refractivity contribution in [1.82, 2.24) is 14.3 Å². The monoisotopic (exact) mass is 452 g/mol. The van der Waals surface area contributed by atoms with Crippen LogP contribution in [0.15, 0.2) is 34.3 Å². The van der Waals surface area contributed by atoms with Crippen LogP contribution in [0.4, 0.5) is 5.69 Å². The van der Waals surface area contributed by atoms with Gasteiger partial charge in [-0.1, -0.05) is 11.8 Å². The summed E-state index contributed by atoms with van der Waals surface area (Å²) in [4.78, 5) is 21.1. The second kappa shape index (κ2) is 9.73. The van der Waals surface area contributed by atoms with Gasteiger partial charge in [-0.2, -0.15) is 4.31 Å². The van der Waals surface area contributed by atoms with Gasteiger partial charge in [0, 0.05) is 30.5 Å². The minimum atomic E-state index is -3.65. The summed E-state index contributed by atoms with van der Waals surface area (Å²) in [6, 6.07) is 6.27. The van der Waals surface area contributed by atoms with E-state index in [1.807, 2.05) is 19.9 Å². The Morgan fingerprint density at radius 1 is 1.20 bits per heavy atom. The van der Waals surface area contributed by atoms with Gasteiger partial charge in [-0.05, 0) is 32.0 Å². The maximum absolute atomic E-state index is 12.8. The van der Waals surface area contributed by atoms with Crippen LogP contribution in [0.1, 0.15) is 11.4 Å². The van der Waals surface area contributed by atoms with E-state index in [1.165, 1.54) is 41.4 Å². The van der Waals surface area contributed by atoms with E-state index in [1.54, 1.807) is 0 Å². The molecule has 1 amide bonds. The molecule has 11 heteroatoms. The number of methoxy groups -OCH3 is 1. The number of carbonyl (C=O) groups excluding carboxylic acids is 1. The summed E-state index contributed by atoms with van der Waals surface area (Å²) in [7, 11) is -2.23. The number of hydrogen-bond acceptors (Lipinski definition) is 8. The lowest BCUT2D eigenvalue weighted by molar-refractivity contribution is -0.113. The van der Waals surface area contributed by atoms with Crippen molar-refractivity contribution in [2.45, 2.75) is 23.9 Å². The van der Waals surface area contributed by atoms with Crippen LogP contribution in [0.25, 0.3) is 0 Å². The van der Waals surface area contributed by atoms with E-state index in [2.05, 4.69) is 15.3 Å². The molecular weight excluding hydrogens is 428 g/mol. The summed E-state index contributed by atoms with van der Waals surface area (Å²) in [6.45, 7) is 5.09. The Morgan fingerprint density at radius 2 is 1.87 bits per heavy atom. The molecule has 1 aromatic heterocycles. The summed E-state index contributed by atoms with van der Waals surface area (Å²) in [6.07, 6.45) is 0. The van der Waals surface area contributed by atoms with Gasteiger partial charge in [-0.15, -0.1) is 0 Å². The molecule has 1 fully saturated rings. The highest BCUT2D eigenvalue weighted by Gasteiger charge is 2.27. The van der Waals surface area contributed by atoms with Crippen molar-refractivity contribution in [1.29, 1.82) is 0 Å². The number of ether oxygens (including phenoxy) is 2. The lowest BCUT2D eigenvalue weighted by Gasteiger charge is -2.26. The quantitative estimate of drug-likeness (QED) is 0.501. The molecule has 162 valence electrons. The van der Waals surface area contributed by atoms with Crippen LogP contribution in [-0.4, -0.2) is 67.8 Å². The van der Waals surface area contributed by atoms with Gasteiger partial charge in [0.05, 0.1) is 36.7 Å². The highest BCUT2D eigenvalue weighted by atomic mass is 32.2. The third-order valence-corrected chi connectivity index (χ3v) is 7.09. The first-order chi connectivity index (χ1) is 14.3. The van der Waals surface area contributed by atoms with Crippen molar-refractivity contribution in [3.05, 3.63) is 35.7 Å². The number of aromatic nitrogens is 2. The molecule has 1 saturated heterocycles.